The van der Waals surface area contributed by atoms with Gasteiger partial charge in [0.25, 0.3) is 0 Å². The van der Waals surface area contributed by atoms with Crippen molar-refractivity contribution in [1.82, 2.24) is 5.32 Å². The Bertz CT molecular complexity index is 957. The summed E-state index contributed by atoms with van der Waals surface area (Å²) in [6.07, 6.45) is 0.897. The Morgan fingerprint density at radius 3 is 2.23 bits per heavy atom. The number of hydrogen-bond donors (Lipinski definition) is 1. The van der Waals surface area contributed by atoms with E-state index in [0.717, 1.165) is 52.4 Å². The molecule has 0 saturated carbocycles. The van der Waals surface area contributed by atoms with Crippen LogP contribution in [0.25, 0.3) is 0 Å². The van der Waals surface area contributed by atoms with E-state index in [0.29, 0.717) is 6.61 Å². The summed E-state index contributed by atoms with van der Waals surface area (Å²) in [6.45, 7) is 4.22. The minimum absolute atomic E-state index is 0.556. The fourth-order valence-electron chi connectivity index (χ4n) is 3.16. The smallest absolute Gasteiger partial charge is 0.160 e. The molecule has 1 N–H and O–H groups in total. The van der Waals surface area contributed by atoms with Crippen LogP contribution in [0.2, 0.25) is 0 Å². The van der Waals surface area contributed by atoms with Crippen LogP contribution < -0.4 is 19.5 Å². The summed E-state index contributed by atoms with van der Waals surface area (Å²) < 4.78 is 17.8. The zero-order valence-electron chi connectivity index (χ0n) is 17.7. The van der Waals surface area contributed by atoms with Gasteiger partial charge in [-0.15, -0.1) is 0 Å². The molecule has 0 unspecified atom stereocenters. The maximum Gasteiger partial charge on any atom is 0.160 e. The molecule has 0 spiro atoms. The zero-order valence-corrected chi connectivity index (χ0v) is 19.3. The van der Waals surface area contributed by atoms with Crippen LogP contribution in [0.4, 0.5) is 0 Å². The molecule has 0 radical (unpaired) electrons. The van der Waals surface area contributed by atoms with Gasteiger partial charge in [0.1, 0.15) is 12.4 Å². The molecule has 0 bridgehead atoms. The molecule has 0 aliphatic carbocycles. The van der Waals surface area contributed by atoms with Gasteiger partial charge in [-0.25, -0.2) is 0 Å². The Morgan fingerprint density at radius 1 is 0.800 bits per heavy atom. The van der Waals surface area contributed by atoms with Crippen molar-refractivity contribution in [3.63, 3.8) is 0 Å². The van der Waals surface area contributed by atoms with Gasteiger partial charge in [-0.3, -0.25) is 0 Å². The molecular weight excluding hydrogens is 442 g/mol. The van der Waals surface area contributed by atoms with Crippen molar-refractivity contribution in [1.29, 1.82) is 0 Å². The molecule has 0 aliphatic rings. The molecule has 0 atom stereocenters. The van der Waals surface area contributed by atoms with E-state index in [1.54, 1.807) is 14.2 Å². The second-order valence-electron chi connectivity index (χ2n) is 7.14. The van der Waals surface area contributed by atoms with E-state index in [9.17, 15) is 0 Å². The average Bonchev–Trinajstić information content (AvgIpc) is 2.77. The normalized spacial score (nSPS) is 10.7. The van der Waals surface area contributed by atoms with E-state index in [1.807, 2.05) is 24.3 Å². The lowest BCUT2D eigenvalue weighted by molar-refractivity contribution is 0.302. The van der Waals surface area contributed by atoms with Gasteiger partial charge in [-0.05, 0) is 61.3 Å². The van der Waals surface area contributed by atoms with Crippen LogP contribution in [0.3, 0.4) is 0 Å². The van der Waals surface area contributed by atoms with Gasteiger partial charge in [0.05, 0.1) is 14.2 Å². The molecule has 0 fully saturated rings. The van der Waals surface area contributed by atoms with Gasteiger partial charge in [0, 0.05) is 16.6 Å². The minimum Gasteiger partial charge on any atom is -0.493 e. The Labute approximate surface area is 187 Å². The molecular formula is C25H28BrNO3. The summed E-state index contributed by atoms with van der Waals surface area (Å²) in [5, 5.41) is 3.52. The van der Waals surface area contributed by atoms with Crippen LogP contribution in [0, 0.1) is 6.92 Å². The third kappa shape index (κ3) is 6.25. The Hall–Kier alpha value is -2.50. The van der Waals surface area contributed by atoms with Crippen molar-refractivity contribution >= 4 is 15.9 Å². The maximum atomic E-state index is 6.10. The highest BCUT2D eigenvalue weighted by molar-refractivity contribution is 9.10. The van der Waals surface area contributed by atoms with Crippen LogP contribution in [-0.2, 0) is 19.6 Å². The summed E-state index contributed by atoms with van der Waals surface area (Å²) in [5.74, 6) is 2.41. The van der Waals surface area contributed by atoms with Crippen molar-refractivity contribution in [2.24, 2.45) is 0 Å². The topological polar surface area (TPSA) is 39.7 Å². The Kier molecular flexibility index (Phi) is 8.17. The molecule has 0 aliphatic heterocycles. The predicted molar refractivity (Wildman–Crippen MR) is 125 cm³/mol. The van der Waals surface area contributed by atoms with Crippen molar-refractivity contribution < 1.29 is 14.2 Å². The predicted octanol–water partition coefficient (Wildman–Crippen LogP) is 5.69. The molecule has 3 aromatic rings. The fourth-order valence-corrected chi connectivity index (χ4v) is 3.57. The Balaban J connectivity index is 1.56. The molecule has 3 rings (SSSR count). The number of hydrogen-bond acceptors (Lipinski definition) is 4. The standard InChI is InChI=1S/C25H28BrNO3/c1-18-4-6-20(7-5-18)17-30-23-11-9-22(26)15-21(23)16-27-13-12-19-8-10-24(28-2)25(14-19)29-3/h4-11,14-15,27H,12-13,16-17H2,1-3H3. The van der Waals surface area contributed by atoms with Crippen LogP contribution in [0.1, 0.15) is 22.3 Å². The van der Waals surface area contributed by atoms with Crippen molar-refractivity contribution in [3.05, 3.63) is 87.4 Å². The van der Waals surface area contributed by atoms with E-state index in [1.165, 1.54) is 11.1 Å². The number of methoxy groups -OCH3 is 2. The van der Waals surface area contributed by atoms with Gasteiger partial charge in [0.15, 0.2) is 11.5 Å². The van der Waals surface area contributed by atoms with Gasteiger partial charge in [-0.1, -0.05) is 51.8 Å². The average molecular weight is 470 g/mol. The van der Waals surface area contributed by atoms with Crippen molar-refractivity contribution in [2.75, 3.05) is 20.8 Å². The first-order valence-electron chi connectivity index (χ1n) is 9.97. The Morgan fingerprint density at radius 2 is 1.50 bits per heavy atom. The summed E-state index contributed by atoms with van der Waals surface area (Å²) in [4.78, 5) is 0. The number of halogens is 1. The summed E-state index contributed by atoms with van der Waals surface area (Å²) in [7, 11) is 3.31. The van der Waals surface area contributed by atoms with Gasteiger partial charge in [-0.2, -0.15) is 0 Å². The molecule has 0 aromatic heterocycles. The third-order valence-electron chi connectivity index (χ3n) is 4.89. The highest BCUT2D eigenvalue weighted by atomic mass is 79.9. The molecule has 158 valence electrons. The van der Waals surface area contributed by atoms with Crippen molar-refractivity contribution in [3.8, 4) is 17.2 Å². The minimum atomic E-state index is 0.556. The second-order valence-corrected chi connectivity index (χ2v) is 8.06. The van der Waals surface area contributed by atoms with Crippen molar-refractivity contribution in [2.45, 2.75) is 26.5 Å². The third-order valence-corrected chi connectivity index (χ3v) is 5.38. The van der Waals surface area contributed by atoms with Gasteiger partial charge >= 0.3 is 0 Å². The molecule has 30 heavy (non-hydrogen) atoms. The first-order chi connectivity index (χ1) is 14.6. The first kappa shape index (κ1) is 22.2. The van der Waals surface area contributed by atoms with E-state index in [4.69, 9.17) is 14.2 Å². The number of ether oxygens (including phenoxy) is 3. The van der Waals surface area contributed by atoms with Gasteiger partial charge < -0.3 is 19.5 Å². The van der Waals surface area contributed by atoms with E-state index < -0.39 is 0 Å². The van der Waals surface area contributed by atoms with E-state index in [-0.39, 0.29) is 0 Å². The number of nitrogens with one attached hydrogen (secondary N) is 1. The molecule has 4 nitrogen and oxygen atoms in total. The molecule has 0 saturated heterocycles. The lowest BCUT2D eigenvalue weighted by Crippen LogP contribution is -2.17. The largest absolute Gasteiger partial charge is 0.493 e. The van der Waals surface area contributed by atoms with Gasteiger partial charge in [0.2, 0.25) is 0 Å². The first-order valence-corrected chi connectivity index (χ1v) is 10.8. The monoisotopic (exact) mass is 469 g/mol. The lowest BCUT2D eigenvalue weighted by atomic mass is 10.1. The van der Waals surface area contributed by atoms with Crippen LogP contribution in [-0.4, -0.2) is 20.8 Å². The lowest BCUT2D eigenvalue weighted by Gasteiger charge is -2.14. The molecule has 3 aromatic carbocycles. The maximum absolute atomic E-state index is 6.10. The van der Waals surface area contributed by atoms with E-state index >= 15 is 0 Å². The number of aryl methyl sites for hydroxylation is 1. The SMILES string of the molecule is COc1ccc(CCNCc2cc(Br)ccc2OCc2ccc(C)cc2)cc1OC. The molecule has 5 heteroatoms. The quantitative estimate of drug-likeness (QED) is 0.387. The molecule has 0 amide bonds. The summed E-state index contributed by atoms with van der Waals surface area (Å²) in [6, 6.07) is 20.6. The van der Waals surface area contributed by atoms with Crippen LogP contribution in [0.5, 0.6) is 17.2 Å². The highest BCUT2D eigenvalue weighted by Crippen LogP contribution is 2.28. The second kappa shape index (κ2) is 11.0. The molecule has 0 heterocycles. The highest BCUT2D eigenvalue weighted by Gasteiger charge is 2.07. The zero-order chi connectivity index (χ0) is 21.3. The number of benzene rings is 3. The van der Waals surface area contributed by atoms with E-state index in [2.05, 4.69) is 64.6 Å². The summed E-state index contributed by atoms with van der Waals surface area (Å²) >= 11 is 3.57. The summed E-state index contributed by atoms with van der Waals surface area (Å²) in [5.41, 5.74) is 4.74. The van der Waals surface area contributed by atoms with Crippen LogP contribution in [0.15, 0.2) is 65.1 Å². The fraction of sp³-hybridized carbons (Fsp3) is 0.280. The van der Waals surface area contributed by atoms with Crippen LogP contribution >= 0.6 is 15.9 Å². The number of rotatable bonds is 10.